The van der Waals surface area contributed by atoms with Crippen LogP contribution >= 0.6 is 0 Å². The van der Waals surface area contributed by atoms with Crippen molar-refractivity contribution >= 4 is 11.9 Å². The molecule has 15 heavy (non-hydrogen) atoms. The smallest absolute Gasteiger partial charge is 0.322 e. The van der Waals surface area contributed by atoms with Gasteiger partial charge in [0.1, 0.15) is 0 Å². The third kappa shape index (κ3) is 4.05. The van der Waals surface area contributed by atoms with Gasteiger partial charge >= 0.3 is 6.01 Å². The number of hydrogen-bond donors (Lipinski definition) is 2. The largest absolute Gasteiger partial charge is 0.408 e. The minimum atomic E-state index is -0.255. The second kappa shape index (κ2) is 5.42. The maximum absolute atomic E-state index is 11.3. The van der Waals surface area contributed by atoms with Crippen molar-refractivity contribution in [1.29, 1.82) is 0 Å². The summed E-state index contributed by atoms with van der Waals surface area (Å²) in [6, 6.07) is 0.0925. The first-order valence-electron chi connectivity index (χ1n) is 4.51. The van der Waals surface area contributed by atoms with Crippen molar-refractivity contribution in [2.75, 3.05) is 32.1 Å². The van der Waals surface area contributed by atoms with Gasteiger partial charge in [0.15, 0.2) is 0 Å². The molecule has 0 aliphatic rings. The molecule has 84 valence electrons. The van der Waals surface area contributed by atoms with Crippen molar-refractivity contribution in [2.45, 2.75) is 6.92 Å². The predicted octanol–water partition coefficient (Wildman–Crippen LogP) is -0.759. The Morgan fingerprint density at radius 1 is 1.60 bits per heavy atom. The molecule has 0 atom stereocenters. The lowest BCUT2D eigenvalue weighted by atomic mass is 10.5. The summed E-state index contributed by atoms with van der Waals surface area (Å²) in [5, 5.41) is 18.3. The molecule has 1 aromatic rings. The molecule has 1 amide bonds. The zero-order valence-corrected chi connectivity index (χ0v) is 8.73. The van der Waals surface area contributed by atoms with Crippen molar-refractivity contribution in [3.63, 3.8) is 0 Å². The third-order valence-electron chi connectivity index (χ3n) is 1.67. The molecule has 1 heterocycles. The third-order valence-corrected chi connectivity index (χ3v) is 1.67. The molecule has 0 bridgehead atoms. The summed E-state index contributed by atoms with van der Waals surface area (Å²) in [7, 11) is 1.73. The predicted molar refractivity (Wildman–Crippen MR) is 52.2 cm³/mol. The van der Waals surface area contributed by atoms with Gasteiger partial charge in [0.25, 0.3) is 0 Å². The molecule has 0 saturated carbocycles. The molecule has 7 heteroatoms. The summed E-state index contributed by atoms with van der Waals surface area (Å²) in [5.74, 6) is 0.142. The van der Waals surface area contributed by atoms with E-state index in [1.54, 1.807) is 18.9 Å². The number of likely N-dealkylation sites (N-methyl/N-ethyl adjacent to an activating group) is 1. The molecule has 0 unspecified atom stereocenters. The van der Waals surface area contributed by atoms with Gasteiger partial charge in [0, 0.05) is 13.5 Å². The lowest BCUT2D eigenvalue weighted by Gasteiger charge is -2.12. The standard InChI is InChI=1S/C8H14N4O3/c1-6-10-11-8(15-6)9-7(14)5-12(2)3-4-13/h13H,3-5H2,1-2H3,(H,9,11,14). The Hall–Kier alpha value is -1.47. The van der Waals surface area contributed by atoms with Gasteiger partial charge in [-0.2, -0.15) is 0 Å². The van der Waals surface area contributed by atoms with Crippen molar-refractivity contribution in [2.24, 2.45) is 0 Å². The van der Waals surface area contributed by atoms with E-state index in [2.05, 4.69) is 15.5 Å². The fourth-order valence-electron chi connectivity index (χ4n) is 1.00. The average molecular weight is 214 g/mol. The monoisotopic (exact) mass is 214 g/mol. The normalized spacial score (nSPS) is 10.7. The van der Waals surface area contributed by atoms with Gasteiger partial charge in [-0.3, -0.25) is 15.0 Å². The lowest BCUT2D eigenvalue weighted by molar-refractivity contribution is -0.117. The number of carbonyl (C=O) groups is 1. The van der Waals surface area contributed by atoms with Gasteiger partial charge in [-0.05, 0) is 7.05 Å². The first-order valence-corrected chi connectivity index (χ1v) is 4.51. The summed E-state index contributed by atoms with van der Waals surface area (Å²) in [6.07, 6.45) is 0. The highest BCUT2D eigenvalue weighted by Gasteiger charge is 2.09. The van der Waals surface area contributed by atoms with Gasteiger partial charge < -0.3 is 9.52 Å². The topological polar surface area (TPSA) is 91.5 Å². The van der Waals surface area contributed by atoms with Crippen LogP contribution in [0.25, 0.3) is 0 Å². The van der Waals surface area contributed by atoms with E-state index >= 15 is 0 Å². The van der Waals surface area contributed by atoms with Crippen LogP contribution in [0.3, 0.4) is 0 Å². The van der Waals surface area contributed by atoms with E-state index < -0.39 is 0 Å². The molecule has 1 rings (SSSR count). The van der Waals surface area contributed by atoms with E-state index in [0.717, 1.165) is 0 Å². The Balaban J connectivity index is 2.36. The Bertz CT molecular complexity index is 325. The van der Waals surface area contributed by atoms with Gasteiger partial charge in [0.05, 0.1) is 13.2 Å². The number of aliphatic hydroxyl groups excluding tert-OH is 1. The Morgan fingerprint density at radius 2 is 2.33 bits per heavy atom. The summed E-state index contributed by atoms with van der Waals surface area (Å²) >= 11 is 0. The Labute approximate surface area is 87.1 Å². The first-order chi connectivity index (χ1) is 7.11. The van der Waals surface area contributed by atoms with Crippen LogP contribution in [0.2, 0.25) is 0 Å². The number of nitrogens with zero attached hydrogens (tertiary/aromatic N) is 3. The summed E-state index contributed by atoms with van der Waals surface area (Å²) in [5.41, 5.74) is 0. The number of rotatable bonds is 5. The second-order valence-corrected chi connectivity index (χ2v) is 3.14. The molecule has 0 saturated heterocycles. The fraction of sp³-hybridized carbons (Fsp3) is 0.625. The molecule has 0 spiro atoms. The van der Waals surface area contributed by atoms with Crippen LogP contribution in [0.15, 0.2) is 4.42 Å². The first kappa shape index (κ1) is 11.6. The number of hydrogen-bond acceptors (Lipinski definition) is 6. The molecule has 7 nitrogen and oxygen atoms in total. The number of aromatic nitrogens is 2. The van der Waals surface area contributed by atoms with Crippen LogP contribution in [0, 0.1) is 6.92 Å². The molecule has 0 aromatic carbocycles. The lowest BCUT2D eigenvalue weighted by Crippen LogP contribution is -2.32. The molecule has 1 aromatic heterocycles. The zero-order chi connectivity index (χ0) is 11.3. The van der Waals surface area contributed by atoms with Gasteiger partial charge in [-0.25, -0.2) is 0 Å². The van der Waals surface area contributed by atoms with E-state index in [0.29, 0.717) is 12.4 Å². The number of anilines is 1. The summed E-state index contributed by atoms with van der Waals surface area (Å²) < 4.78 is 4.97. The highest BCUT2D eigenvalue weighted by molar-refractivity contribution is 5.90. The molecule has 0 fully saturated rings. The van der Waals surface area contributed by atoms with E-state index in [9.17, 15) is 4.79 Å². The Kier molecular flexibility index (Phi) is 4.19. The van der Waals surface area contributed by atoms with Crippen LogP contribution < -0.4 is 5.32 Å². The number of nitrogens with one attached hydrogen (secondary N) is 1. The molecule has 0 aliphatic heterocycles. The van der Waals surface area contributed by atoms with Gasteiger partial charge in [-0.1, -0.05) is 5.10 Å². The van der Waals surface area contributed by atoms with Crippen molar-refractivity contribution < 1.29 is 14.3 Å². The van der Waals surface area contributed by atoms with Gasteiger partial charge in [-0.15, -0.1) is 5.10 Å². The maximum Gasteiger partial charge on any atom is 0.322 e. The zero-order valence-electron chi connectivity index (χ0n) is 8.73. The SMILES string of the molecule is Cc1nnc(NC(=O)CN(C)CCO)o1. The maximum atomic E-state index is 11.3. The number of aryl methyl sites for hydroxylation is 1. The van der Waals surface area contributed by atoms with Crippen LogP contribution in [0.4, 0.5) is 6.01 Å². The Morgan fingerprint density at radius 3 is 2.87 bits per heavy atom. The summed E-state index contributed by atoms with van der Waals surface area (Å²) in [6.45, 7) is 2.27. The van der Waals surface area contributed by atoms with Crippen LogP contribution in [-0.4, -0.2) is 52.9 Å². The molecular formula is C8H14N4O3. The van der Waals surface area contributed by atoms with E-state index in [1.807, 2.05) is 0 Å². The highest BCUT2D eigenvalue weighted by Crippen LogP contribution is 2.03. The number of carbonyl (C=O) groups excluding carboxylic acids is 1. The van der Waals surface area contributed by atoms with E-state index in [-0.39, 0.29) is 25.1 Å². The average Bonchev–Trinajstić information content (AvgIpc) is 2.51. The van der Waals surface area contributed by atoms with Crippen LogP contribution in [0.1, 0.15) is 5.89 Å². The van der Waals surface area contributed by atoms with Crippen LogP contribution in [-0.2, 0) is 4.79 Å². The molecule has 0 aliphatic carbocycles. The molecular weight excluding hydrogens is 200 g/mol. The number of aliphatic hydroxyl groups is 1. The highest BCUT2D eigenvalue weighted by atomic mass is 16.4. The minimum Gasteiger partial charge on any atom is -0.408 e. The van der Waals surface area contributed by atoms with Crippen molar-refractivity contribution in [3.05, 3.63) is 5.89 Å². The van der Waals surface area contributed by atoms with E-state index in [1.165, 1.54) is 0 Å². The van der Waals surface area contributed by atoms with Crippen LogP contribution in [0.5, 0.6) is 0 Å². The van der Waals surface area contributed by atoms with Gasteiger partial charge in [0.2, 0.25) is 11.8 Å². The molecule has 0 radical (unpaired) electrons. The van der Waals surface area contributed by atoms with Crippen molar-refractivity contribution in [3.8, 4) is 0 Å². The van der Waals surface area contributed by atoms with Crippen molar-refractivity contribution in [1.82, 2.24) is 15.1 Å². The number of amides is 1. The quantitative estimate of drug-likeness (QED) is 0.669. The minimum absolute atomic E-state index is 0.0173. The second-order valence-electron chi connectivity index (χ2n) is 3.14. The fourth-order valence-corrected chi connectivity index (χ4v) is 1.00. The molecule has 2 N–H and O–H groups in total. The summed E-state index contributed by atoms with van der Waals surface area (Å²) in [4.78, 5) is 13.0. The van der Waals surface area contributed by atoms with E-state index in [4.69, 9.17) is 9.52 Å².